The molecule has 0 radical (unpaired) electrons. The van der Waals surface area contributed by atoms with Gasteiger partial charge in [0, 0.05) is 29.7 Å². The summed E-state index contributed by atoms with van der Waals surface area (Å²) in [6, 6.07) is 13.3. The third-order valence-corrected chi connectivity index (χ3v) is 5.69. The number of hydrogen-bond donors (Lipinski definition) is 3. The number of anilines is 1. The Morgan fingerprint density at radius 1 is 0.972 bits per heavy atom. The summed E-state index contributed by atoms with van der Waals surface area (Å²) in [6.07, 6.45) is -1.94. The quantitative estimate of drug-likeness (QED) is 0.407. The summed E-state index contributed by atoms with van der Waals surface area (Å²) in [5.41, 5.74) is 1.72. The molecule has 0 aliphatic carbocycles. The molecule has 0 bridgehead atoms. The molecule has 2 aromatic carbocycles. The van der Waals surface area contributed by atoms with Crippen molar-refractivity contribution in [3.8, 4) is 11.1 Å². The normalized spacial score (nSPS) is 11.3. The zero-order valence-corrected chi connectivity index (χ0v) is 19.7. The molecule has 0 fully saturated rings. The lowest BCUT2D eigenvalue weighted by molar-refractivity contribution is -0.192. The van der Waals surface area contributed by atoms with E-state index in [9.17, 15) is 30.8 Å². The molecule has 1 amide bonds. The summed E-state index contributed by atoms with van der Waals surface area (Å²) in [4.78, 5) is 24.4. The molecule has 192 valence electrons. The number of carbonyl (C=O) groups excluding carboxylic acids is 1. The molecule has 13 heteroatoms. The van der Waals surface area contributed by atoms with E-state index in [1.165, 1.54) is 24.3 Å². The van der Waals surface area contributed by atoms with E-state index in [-0.39, 0.29) is 17.6 Å². The Kier molecular flexibility index (Phi) is 9.11. The van der Waals surface area contributed by atoms with Crippen molar-refractivity contribution >= 4 is 27.6 Å². The smallest absolute Gasteiger partial charge is 0.475 e. The van der Waals surface area contributed by atoms with Crippen molar-refractivity contribution in [3.63, 3.8) is 0 Å². The zero-order chi connectivity index (χ0) is 27.1. The molecular weight excluding hydrogens is 506 g/mol. The Balaban J connectivity index is 0.000000572. The lowest BCUT2D eigenvalue weighted by atomic mass is 10.1. The maximum atomic E-state index is 14.6. The third kappa shape index (κ3) is 8.05. The number of carbonyl (C=O) groups is 2. The number of carboxylic acids is 1. The molecule has 0 aliphatic heterocycles. The van der Waals surface area contributed by atoms with Crippen LogP contribution in [0.5, 0.6) is 0 Å². The van der Waals surface area contributed by atoms with Gasteiger partial charge in [0.15, 0.2) is 0 Å². The molecular formula is C23H21F4N3O5S. The molecule has 0 aliphatic rings. The van der Waals surface area contributed by atoms with Gasteiger partial charge in [-0.05, 0) is 67.4 Å². The number of nitrogens with zero attached hydrogens (tertiary/aromatic N) is 1. The van der Waals surface area contributed by atoms with Crippen LogP contribution in [0.4, 0.5) is 23.2 Å². The number of sulfonamides is 1. The van der Waals surface area contributed by atoms with Gasteiger partial charge in [0.25, 0.3) is 15.9 Å². The Morgan fingerprint density at radius 3 is 2.11 bits per heavy atom. The summed E-state index contributed by atoms with van der Waals surface area (Å²) in [7, 11) is -4.18. The van der Waals surface area contributed by atoms with Crippen LogP contribution in [0.3, 0.4) is 0 Å². The Labute approximate surface area is 204 Å². The molecule has 0 saturated carbocycles. The Bertz CT molecular complexity index is 1330. The number of rotatable bonds is 6. The Morgan fingerprint density at radius 2 is 1.58 bits per heavy atom. The minimum absolute atomic E-state index is 0.0594. The number of aromatic nitrogens is 1. The second kappa shape index (κ2) is 11.6. The van der Waals surface area contributed by atoms with E-state index in [0.717, 1.165) is 11.6 Å². The van der Waals surface area contributed by atoms with Gasteiger partial charge >= 0.3 is 12.1 Å². The van der Waals surface area contributed by atoms with E-state index in [1.54, 1.807) is 36.7 Å². The summed E-state index contributed by atoms with van der Waals surface area (Å²) in [5.74, 6) is -3.96. The second-order valence-electron chi connectivity index (χ2n) is 7.50. The van der Waals surface area contributed by atoms with Crippen molar-refractivity contribution in [1.82, 2.24) is 10.3 Å². The van der Waals surface area contributed by atoms with E-state index in [2.05, 4.69) is 15.0 Å². The van der Waals surface area contributed by atoms with Crippen LogP contribution < -0.4 is 10.0 Å². The fourth-order valence-electron chi connectivity index (χ4n) is 2.72. The van der Waals surface area contributed by atoms with Gasteiger partial charge in [-0.3, -0.25) is 14.5 Å². The molecule has 1 heterocycles. The van der Waals surface area contributed by atoms with Gasteiger partial charge in [-0.15, -0.1) is 0 Å². The number of benzene rings is 2. The average molecular weight is 527 g/mol. The van der Waals surface area contributed by atoms with Crippen molar-refractivity contribution < 1.29 is 40.7 Å². The van der Waals surface area contributed by atoms with Crippen molar-refractivity contribution in [3.05, 3.63) is 78.4 Å². The van der Waals surface area contributed by atoms with Crippen molar-refractivity contribution in [1.29, 1.82) is 0 Å². The van der Waals surface area contributed by atoms with Gasteiger partial charge in [0.2, 0.25) is 0 Å². The molecule has 36 heavy (non-hydrogen) atoms. The van der Waals surface area contributed by atoms with Gasteiger partial charge in [-0.25, -0.2) is 17.6 Å². The van der Waals surface area contributed by atoms with Crippen LogP contribution >= 0.6 is 0 Å². The average Bonchev–Trinajstić information content (AvgIpc) is 2.78. The molecule has 0 saturated heterocycles. The summed E-state index contributed by atoms with van der Waals surface area (Å²) in [6.45, 7) is 3.64. The largest absolute Gasteiger partial charge is 0.490 e. The van der Waals surface area contributed by atoms with E-state index < -0.39 is 32.9 Å². The predicted octanol–water partition coefficient (Wildman–Crippen LogP) is 4.46. The number of pyridine rings is 1. The molecule has 0 spiro atoms. The summed E-state index contributed by atoms with van der Waals surface area (Å²) in [5, 5.41) is 9.86. The van der Waals surface area contributed by atoms with Gasteiger partial charge in [0.05, 0.1) is 0 Å². The van der Waals surface area contributed by atoms with Crippen LogP contribution in [0.2, 0.25) is 0 Å². The SMILES string of the molecule is CC(C)NC(=O)c1cccc(NS(=O)(=O)c2ccc(-c3ccncc3)cc2F)c1.O=C(O)C(F)(F)F. The van der Waals surface area contributed by atoms with Crippen LogP contribution in [0.1, 0.15) is 24.2 Å². The highest BCUT2D eigenvalue weighted by atomic mass is 32.2. The van der Waals surface area contributed by atoms with Crippen LogP contribution in [-0.2, 0) is 14.8 Å². The second-order valence-corrected chi connectivity index (χ2v) is 9.15. The highest BCUT2D eigenvalue weighted by Gasteiger charge is 2.38. The van der Waals surface area contributed by atoms with Gasteiger partial charge in [-0.1, -0.05) is 12.1 Å². The van der Waals surface area contributed by atoms with E-state index >= 15 is 0 Å². The van der Waals surface area contributed by atoms with E-state index in [1.807, 2.05) is 13.8 Å². The number of hydrogen-bond acceptors (Lipinski definition) is 5. The fourth-order valence-corrected chi connectivity index (χ4v) is 3.83. The molecule has 0 unspecified atom stereocenters. The number of carboxylic acid groups (broad SMARTS) is 1. The topological polar surface area (TPSA) is 125 Å². The van der Waals surface area contributed by atoms with Gasteiger partial charge in [-0.2, -0.15) is 13.2 Å². The van der Waals surface area contributed by atoms with Gasteiger partial charge < -0.3 is 10.4 Å². The molecule has 8 nitrogen and oxygen atoms in total. The number of nitrogens with one attached hydrogen (secondary N) is 2. The van der Waals surface area contributed by atoms with Crippen LogP contribution in [0.25, 0.3) is 11.1 Å². The van der Waals surface area contributed by atoms with Crippen LogP contribution in [-0.4, -0.2) is 42.6 Å². The van der Waals surface area contributed by atoms with E-state index in [0.29, 0.717) is 11.1 Å². The lowest BCUT2D eigenvalue weighted by Crippen LogP contribution is -2.30. The van der Waals surface area contributed by atoms with Crippen LogP contribution in [0.15, 0.2) is 71.9 Å². The monoisotopic (exact) mass is 527 g/mol. The van der Waals surface area contributed by atoms with Crippen molar-refractivity contribution in [2.24, 2.45) is 0 Å². The number of aliphatic carboxylic acids is 1. The van der Waals surface area contributed by atoms with Crippen molar-refractivity contribution in [2.45, 2.75) is 31.0 Å². The fraction of sp³-hybridized carbons (Fsp3) is 0.174. The first-order valence-corrected chi connectivity index (χ1v) is 11.6. The van der Waals surface area contributed by atoms with E-state index in [4.69, 9.17) is 9.90 Å². The standard InChI is InChI=1S/C21H20FN3O3S.C2HF3O2/c1-14(2)24-21(26)17-4-3-5-18(12-17)25-29(27,28)20-7-6-16(13-19(20)22)15-8-10-23-11-9-15;3-2(4,5)1(6)7/h3-14,25H,1-2H3,(H,24,26);(H,6,7). The summed E-state index contributed by atoms with van der Waals surface area (Å²) < 4.78 is 74.0. The highest BCUT2D eigenvalue weighted by molar-refractivity contribution is 7.92. The number of alkyl halides is 3. The highest BCUT2D eigenvalue weighted by Crippen LogP contribution is 2.25. The molecule has 3 rings (SSSR count). The minimum atomic E-state index is -5.08. The maximum Gasteiger partial charge on any atom is 0.490 e. The Hall–Kier alpha value is -4.00. The molecule has 1 aromatic heterocycles. The minimum Gasteiger partial charge on any atom is -0.475 e. The first-order chi connectivity index (χ1) is 16.7. The lowest BCUT2D eigenvalue weighted by Gasteiger charge is -2.12. The van der Waals surface area contributed by atoms with Crippen molar-refractivity contribution in [2.75, 3.05) is 4.72 Å². The molecule has 3 aromatic rings. The first-order valence-electron chi connectivity index (χ1n) is 10.1. The molecule has 0 atom stereocenters. The zero-order valence-electron chi connectivity index (χ0n) is 18.9. The number of halogens is 4. The number of amides is 1. The predicted molar refractivity (Wildman–Crippen MR) is 123 cm³/mol. The molecule has 3 N–H and O–H groups in total. The first kappa shape index (κ1) is 28.2. The third-order valence-electron chi connectivity index (χ3n) is 4.27. The maximum absolute atomic E-state index is 14.6. The summed E-state index contributed by atoms with van der Waals surface area (Å²) >= 11 is 0. The van der Waals surface area contributed by atoms with Crippen LogP contribution in [0, 0.1) is 5.82 Å². The van der Waals surface area contributed by atoms with Gasteiger partial charge in [0.1, 0.15) is 10.7 Å².